The van der Waals surface area contributed by atoms with Crippen LogP contribution in [0.4, 0.5) is 18.9 Å². The number of rotatable bonds is 4. The lowest BCUT2D eigenvalue weighted by Crippen LogP contribution is -2.68. The van der Waals surface area contributed by atoms with E-state index in [0.29, 0.717) is 0 Å². The molecule has 1 aliphatic rings. The number of ether oxygens (including phenoxy) is 1. The molecule has 0 aromatic heterocycles. The molecule has 8 nitrogen and oxygen atoms in total. The van der Waals surface area contributed by atoms with Crippen molar-refractivity contribution in [2.45, 2.75) is 42.3 Å². The molecule has 1 fully saturated rings. The quantitative estimate of drug-likeness (QED) is 0.311. The maximum absolute atomic E-state index is 12.8. The van der Waals surface area contributed by atoms with Gasteiger partial charge in [-0.05, 0) is 19.1 Å². The van der Waals surface area contributed by atoms with Crippen molar-refractivity contribution in [1.82, 2.24) is 5.32 Å². The maximum atomic E-state index is 12.8. The number of hydrogen-bond acceptors (Lipinski definition) is 6. The van der Waals surface area contributed by atoms with E-state index in [1.54, 1.807) is 5.32 Å². The molecule has 2 rings (SSSR count). The van der Waals surface area contributed by atoms with Gasteiger partial charge in [0, 0.05) is 24.1 Å². The van der Waals surface area contributed by atoms with Crippen LogP contribution in [0, 0.1) is 10.1 Å². The molecule has 12 heteroatoms. The lowest BCUT2D eigenvalue weighted by atomic mass is 9.78. The number of non-ortho nitro benzene ring substituents is 1. The molecule has 148 valence electrons. The Morgan fingerprint density at radius 2 is 1.93 bits per heavy atom. The Morgan fingerprint density at radius 1 is 1.37 bits per heavy atom. The van der Waals surface area contributed by atoms with Crippen molar-refractivity contribution in [3.05, 3.63) is 39.9 Å². The van der Waals surface area contributed by atoms with Crippen LogP contribution in [0.25, 0.3) is 0 Å². The van der Waals surface area contributed by atoms with Crippen molar-refractivity contribution in [1.29, 1.82) is 0 Å². The number of Topliss-reactive ketones (excluding diaryl/α,β-unsaturated/α-hetero) is 1. The van der Waals surface area contributed by atoms with Gasteiger partial charge in [-0.2, -0.15) is 13.2 Å². The third-order valence-corrected chi connectivity index (χ3v) is 4.78. The molecule has 0 saturated carbocycles. The third kappa shape index (κ3) is 4.28. The molecule has 2 N–H and O–H groups in total. The number of nitrogens with one attached hydrogen (secondary N) is 1. The Hall–Kier alpha value is -2.05. The molecule has 1 heterocycles. The molecule has 0 bridgehead atoms. The number of ketones is 1. The smallest absolute Gasteiger partial charge is 0.377 e. The van der Waals surface area contributed by atoms with E-state index in [9.17, 15) is 38.0 Å². The maximum Gasteiger partial charge on any atom is 0.471 e. The fourth-order valence-corrected chi connectivity index (χ4v) is 3.44. The summed E-state index contributed by atoms with van der Waals surface area (Å²) in [6.45, 7) is 1.27. The van der Waals surface area contributed by atoms with Crippen molar-refractivity contribution in [3.63, 3.8) is 0 Å². The van der Waals surface area contributed by atoms with Crippen LogP contribution >= 0.6 is 15.9 Å². The lowest BCUT2D eigenvalue weighted by Gasteiger charge is -2.45. The summed E-state index contributed by atoms with van der Waals surface area (Å²) in [5.41, 5.74) is -3.01. The predicted molar refractivity (Wildman–Crippen MR) is 88.2 cm³/mol. The first-order valence-electron chi connectivity index (χ1n) is 7.56. The number of aliphatic hydroxyl groups is 1. The minimum Gasteiger partial charge on any atom is -0.377 e. The molecule has 1 saturated heterocycles. The van der Waals surface area contributed by atoms with Gasteiger partial charge in [0.1, 0.15) is 5.01 Å². The predicted octanol–water partition coefficient (Wildman–Crippen LogP) is 2.09. The zero-order chi connectivity index (χ0) is 20.6. The van der Waals surface area contributed by atoms with Gasteiger partial charge in [-0.3, -0.25) is 19.7 Å². The van der Waals surface area contributed by atoms with Crippen LogP contribution in [0.1, 0.15) is 23.7 Å². The first-order chi connectivity index (χ1) is 12.4. The monoisotopic (exact) mass is 454 g/mol. The molecule has 0 spiro atoms. The van der Waals surface area contributed by atoms with Gasteiger partial charge in [-0.25, -0.2) is 0 Å². The van der Waals surface area contributed by atoms with Gasteiger partial charge < -0.3 is 15.2 Å². The Kier molecular flexibility index (Phi) is 5.92. The summed E-state index contributed by atoms with van der Waals surface area (Å²) in [4.78, 5) is 34.1. The lowest BCUT2D eigenvalue weighted by molar-refractivity contribution is -0.384. The summed E-state index contributed by atoms with van der Waals surface area (Å²) in [5.74, 6) is -3.34. The third-order valence-electron chi connectivity index (χ3n) is 4.19. The number of nitro benzene ring substituents is 1. The van der Waals surface area contributed by atoms with Crippen molar-refractivity contribution in [2.75, 3.05) is 0 Å². The second-order valence-electron chi connectivity index (χ2n) is 5.91. The van der Waals surface area contributed by atoms with E-state index < -0.39 is 45.6 Å². The number of amides is 1. The van der Waals surface area contributed by atoms with Gasteiger partial charge in [-0.15, -0.1) is 0 Å². The van der Waals surface area contributed by atoms with E-state index in [-0.39, 0.29) is 17.7 Å². The Balaban J connectivity index is 2.38. The SMILES string of the molecule is C[C@H]1O[C@H](Br)C[C@H](NC(=O)C(F)(F)F)[C@]1(O)C(=O)c1ccc([N+](=O)[O-])cc1. The fourth-order valence-electron chi connectivity index (χ4n) is 2.75. The highest BCUT2D eigenvalue weighted by molar-refractivity contribution is 9.09. The number of nitro groups is 1. The van der Waals surface area contributed by atoms with Gasteiger partial charge in [0.2, 0.25) is 0 Å². The number of carbonyl (C=O) groups excluding carboxylic acids is 2. The summed E-state index contributed by atoms with van der Waals surface area (Å²) in [6.07, 6.45) is -6.81. The van der Waals surface area contributed by atoms with E-state index >= 15 is 0 Å². The molecule has 1 aromatic carbocycles. The van der Waals surface area contributed by atoms with E-state index in [1.165, 1.54) is 6.92 Å². The van der Waals surface area contributed by atoms with Crippen LogP contribution in [-0.4, -0.2) is 50.7 Å². The molecular weight excluding hydrogens is 441 g/mol. The molecule has 4 atom stereocenters. The van der Waals surface area contributed by atoms with Gasteiger partial charge >= 0.3 is 12.1 Å². The Morgan fingerprint density at radius 3 is 2.41 bits per heavy atom. The standard InChI is InChI=1S/C15H14BrF3N2O6/c1-7-14(24,12(22)8-2-4-9(5-3-8)21(25)26)10(6-11(16)27-7)20-13(23)15(17,18)19/h2-5,7,10-11,24H,6H2,1H3,(H,20,23)/t7-,10+,11+,14+/m1/s1. The first-order valence-corrected chi connectivity index (χ1v) is 8.47. The second kappa shape index (κ2) is 7.52. The van der Waals surface area contributed by atoms with Crippen LogP contribution in [0.3, 0.4) is 0 Å². The number of alkyl halides is 4. The normalized spacial score (nSPS) is 28.4. The number of nitrogens with zero attached hydrogens (tertiary/aromatic N) is 1. The van der Waals surface area contributed by atoms with Crippen LogP contribution < -0.4 is 5.32 Å². The van der Waals surface area contributed by atoms with Crippen molar-refractivity contribution in [2.24, 2.45) is 0 Å². The summed E-state index contributed by atoms with van der Waals surface area (Å²) < 4.78 is 43.1. The van der Waals surface area contributed by atoms with Crippen LogP contribution in [-0.2, 0) is 9.53 Å². The Labute approximate surface area is 159 Å². The van der Waals surface area contributed by atoms with Crippen LogP contribution in [0.15, 0.2) is 24.3 Å². The number of benzene rings is 1. The number of halogens is 4. The zero-order valence-corrected chi connectivity index (χ0v) is 15.3. The highest BCUT2D eigenvalue weighted by atomic mass is 79.9. The Bertz CT molecular complexity index is 757. The fraction of sp³-hybridized carbons (Fsp3) is 0.467. The van der Waals surface area contributed by atoms with E-state index in [4.69, 9.17) is 4.74 Å². The highest BCUT2D eigenvalue weighted by Crippen LogP contribution is 2.35. The molecule has 1 amide bonds. The average Bonchev–Trinajstić information content (AvgIpc) is 2.57. The van der Waals surface area contributed by atoms with Crippen LogP contribution in [0.2, 0.25) is 0 Å². The molecule has 1 aliphatic heterocycles. The van der Waals surface area contributed by atoms with Gasteiger partial charge in [0.05, 0.1) is 17.1 Å². The molecule has 1 aromatic rings. The summed E-state index contributed by atoms with van der Waals surface area (Å²) >= 11 is 3.04. The van der Waals surface area contributed by atoms with E-state index in [1.807, 2.05) is 0 Å². The summed E-state index contributed by atoms with van der Waals surface area (Å²) in [7, 11) is 0. The van der Waals surface area contributed by atoms with Crippen molar-refractivity contribution >= 4 is 33.3 Å². The average molecular weight is 455 g/mol. The molecule has 27 heavy (non-hydrogen) atoms. The molecule has 0 unspecified atom stereocenters. The van der Waals surface area contributed by atoms with E-state index in [0.717, 1.165) is 24.3 Å². The topological polar surface area (TPSA) is 119 Å². The van der Waals surface area contributed by atoms with Crippen molar-refractivity contribution < 1.29 is 37.5 Å². The molecule has 0 aliphatic carbocycles. The minimum atomic E-state index is -5.21. The number of hydrogen-bond donors (Lipinski definition) is 2. The summed E-state index contributed by atoms with van der Waals surface area (Å²) in [5, 5.41) is 22.4. The first kappa shape index (κ1) is 21.3. The number of carbonyl (C=O) groups is 2. The summed E-state index contributed by atoms with van der Waals surface area (Å²) in [6, 6.07) is 2.55. The molecular formula is C15H14BrF3N2O6. The minimum absolute atomic E-state index is 0.183. The highest BCUT2D eigenvalue weighted by Gasteiger charge is 2.55. The second-order valence-corrected chi connectivity index (χ2v) is 6.93. The molecule has 0 radical (unpaired) electrons. The van der Waals surface area contributed by atoms with Gasteiger partial charge in [-0.1, -0.05) is 15.9 Å². The zero-order valence-electron chi connectivity index (χ0n) is 13.7. The van der Waals surface area contributed by atoms with Crippen molar-refractivity contribution in [3.8, 4) is 0 Å². The van der Waals surface area contributed by atoms with Crippen LogP contribution in [0.5, 0.6) is 0 Å². The van der Waals surface area contributed by atoms with Gasteiger partial charge in [0.15, 0.2) is 11.4 Å². The van der Waals surface area contributed by atoms with E-state index in [2.05, 4.69) is 15.9 Å². The van der Waals surface area contributed by atoms with Gasteiger partial charge in [0.25, 0.3) is 5.69 Å². The largest absolute Gasteiger partial charge is 0.471 e.